The predicted octanol–water partition coefficient (Wildman–Crippen LogP) is 7.95. The van der Waals surface area contributed by atoms with E-state index in [1.165, 1.54) is 6.07 Å². The summed E-state index contributed by atoms with van der Waals surface area (Å²) in [5, 5.41) is 3.34. The molecule has 0 radical (unpaired) electrons. The zero-order chi connectivity index (χ0) is 30.3. The summed E-state index contributed by atoms with van der Waals surface area (Å²) < 4.78 is 66.4. The van der Waals surface area contributed by atoms with Crippen LogP contribution in [0.1, 0.15) is 67.0 Å². The van der Waals surface area contributed by atoms with Crippen LogP contribution < -0.4 is 5.32 Å². The lowest BCUT2D eigenvalue weighted by Gasteiger charge is -2.53. The van der Waals surface area contributed by atoms with Crippen LogP contribution in [0.15, 0.2) is 78.9 Å². The van der Waals surface area contributed by atoms with E-state index in [9.17, 15) is 22.4 Å². The SMILES string of the molecule is CC[C@@H]1C(NC)CC[C@@](CO[C@H](C)c2cc(CF)cc(C(F)(F)F)c2)(c2ccccc2)N1C(=O)OCc1ccccc1. The molecule has 1 saturated heterocycles. The van der Waals surface area contributed by atoms with E-state index in [0.29, 0.717) is 12.8 Å². The van der Waals surface area contributed by atoms with Crippen LogP contribution in [0.3, 0.4) is 0 Å². The first kappa shape index (κ1) is 31.5. The van der Waals surface area contributed by atoms with E-state index in [4.69, 9.17) is 9.47 Å². The molecule has 0 saturated carbocycles. The third-order valence-corrected chi connectivity index (χ3v) is 8.17. The van der Waals surface area contributed by atoms with Crippen molar-refractivity contribution in [3.63, 3.8) is 0 Å². The van der Waals surface area contributed by atoms with Crippen molar-refractivity contribution in [1.29, 1.82) is 0 Å². The van der Waals surface area contributed by atoms with Gasteiger partial charge in [-0.3, -0.25) is 4.90 Å². The largest absolute Gasteiger partial charge is 0.445 e. The van der Waals surface area contributed by atoms with Crippen molar-refractivity contribution in [2.45, 2.75) is 76.3 Å². The van der Waals surface area contributed by atoms with Crippen molar-refractivity contribution >= 4 is 6.09 Å². The molecule has 1 fully saturated rings. The number of likely N-dealkylation sites (tertiary alicyclic amines) is 1. The summed E-state index contributed by atoms with van der Waals surface area (Å²) >= 11 is 0. The normalized spacial score (nSPS) is 21.6. The number of carbonyl (C=O) groups excluding carboxylic acids is 1. The molecule has 4 rings (SSSR count). The number of hydrogen-bond acceptors (Lipinski definition) is 4. The van der Waals surface area contributed by atoms with Gasteiger partial charge in [-0.2, -0.15) is 13.2 Å². The molecule has 1 N–H and O–H groups in total. The van der Waals surface area contributed by atoms with Crippen LogP contribution in [0.4, 0.5) is 22.4 Å². The molecular formula is C33H38F4N2O3. The maximum atomic E-state index is 14.0. The second-order valence-electron chi connectivity index (χ2n) is 10.8. The number of rotatable bonds is 10. The summed E-state index contributed by atoms with van der Waals surface area (Å²) in [7, 11) is 1.87. The number of piperidine rings is 1. The van der Waals surface area contributed by atoms with Gasteiger partial charge in [0.05, 0.1) is 29.9 Å². The monoisotopic (exact) mass is 586 g/mol. The van der Waals surface area contributed by atoms with Crippen LogP contribution in [-0.2, 0) is 34.5 Å². The minimum Gasteiger partial charge on any atom is -0.445 e. The third kappa shape index (κ3) is 6.95. The van der Waals surface area contributed by atoms with E-state index in [0.717, 1.165) is 29.7 Å². The van der Waals surface area contributed by atoms with E-state index in [1.54, 1.807) is 11.8 Å². The molecule has 0 spiro atoms. The maximum absolute atomic E-state index is 14.0. The Balaban J connectivity index is 1.71. The van der Waals surface area contributed by atoms with E-state index in [2.05, 4.69) is 5.32 Å². The second-order valence-corrected chi connectivity index (χ2v) is 10.8. The first-order chi connectivity index (χ1) is 20.1. The zero-order valence-electron chi connectivity index (χ0n) is 24.2. The van der Waals surface area contributed by atoms with Gasteiger partial charge < -0.3 is 14.8 Å². The maximum Gasteiger partial charge on any atom is 0.416 e. The van der Waals surface area contributed by atoms with Gasteiger partial charge in [-0.15, -0.1) is 0 Å². The number of ether oxygens (including phenoxy) is 2. The molecule has 0 aliphatic carbocycles. The molecule has 9 heteroatoms. The average molecular weight is 587 g/mol. The highest BCUT2D eigenvalue weighted by Gasteiger charge is 2.51. The Labute approximate surface area is 244 Å². The van der Waals surface area contributed by atoms with E-state index >= 15 is 0 Å². The van der Waals surface area contributed by atoms with Gasteiger partial charge in [-0.25, -0.2) is 9.18 Å². The van der Waals surface area contributed by atoms with Gasteiger partial charge in [0.25, 0.3) is 0 Å². The molecule has 42 heavy (non-hydrogen) atoms. The van der Waals surface area contributed by atoms with Gasteiger partial charge in [0.2, 0.25) is 0 Å². The minimum absolute atomic E-state index is 0.00381. The van der Waals surface area contributed by atoms with Gasteiger partial charge >= 0.3 is 12.3 Å². The molecule has 5 nitrogen and oxygen atoms in total. The summed E-state index contributed by atoms with van der Waals surface area (Å²) in [4.78, 5) is 15.8. The van der Waals surface area contributed by atoms with Crippen LogP contribution in [0.25, 0.3) is 0 Å². The lowest BCUT2D eigenvalue weighted by molar-refractivity contribution is -0.137. The number of nitrogens with one attached hydrogen (secondary N) is 1. The van der Waals surface area contributed by atoms with E-state index in [-0.39, 0.29) is 36.4 Å². The Kier molecular flexibility index (Phi) is 10.3. The topological polar surface area (TPSA) is 50.8 Å². The van der Waals surface area contributed by atoms with Crippen LogP contribution in [0, 0.1) is 0 Å². The molecule has 1 amide bonds. The Morgan fingerprint density at radius 2 is 1.71 bits per heavy atom. The smallest absolute Gasteiger partial charge is 0.416 e. The van der Waals surface area contributed by atoms with Gasteiger partial charge in [0, 0.05) is 6.04 Å². The van der Waals surface area contributed by atoms with Gasteiger partial charge in [-0.05, 0) is 67.6 Å². The molecule has 3 aromatic carbocycles. The molecule has 226 valence electrons. The Morgan fingerprint density at radius 1 is 1.05 bits per heavy atom. The second kappa shape index (κ2) is 13.7. The molecular weight excluding hydrogens is 548 g/mol. The number of halogens is 4. The summed E-state index contributed by atoms with van der Waals surface area (Å²) in [6, 6.07) is 21.9. The predicted molar refractivity (Wildman–Crippen MR) is 153 cm³/mol. The number of alkyl halides is 4. The highest BCUT2D eigenvalue weighted by molar-refractivity contribution is 5.70. The molecule has 1 aliphatic heterocycles. The lowest BCUT2D eigenvalue weighted by atomic mass is 9.76. The van der Waals surface area contributed by atoms with E-state index < -0.39 is 36.2 Å². The molecule has 1 unspecified atom stereocenters. The Hall–Kier alpha value is -3.43. The lowest BCUT2D eigenvalue weighted by Crippen LogP contribution is -2.65. The van der Waals surface area contributed by atoms with Crippen molar-refractivity contribution in [2.24, 2.45) is 0 Å². The summed E-state index contributed by atoms with van der Waals surface area (Å²) in [5.41, 5.74) is -0.0380. The zero-order valence-corrected chi connectivity index (χ0v) is 24.2. The van der Waals surface area contributed by atoms with E-state index in [1.807, 2.05) is 74.6 Å². The number of amides is 1. The number of carbonyl (C=O) groups is 1. The molecule has 0 bridgehead atoms. The van der Waals surface area contributed by atoms with Gasteiger partial charge in [0.1, 0.15) is 13.3 Å². The molecule has 1 heterocycles. The van der Waals surface area contributed by atoms with Crippen LogP contribution in [-0.4, -0.2) is 36.7 Å². The van der Waals surface area contributed by atoms with Gasteiger partial charge in [0.15, 0.2) is 0 Å². The Morgan fingerprint density at radius 3 is 2.31 bits per heavy atom. The summed E-state index contributed by atoms with van der Waals surface area (Å²) in [6.07, 6.45) is -4.01. The first-order valence-electron chi connectivity index (χ1n) is 14.2. The van der Waals surface area contributed by atoms with Crippen LogP contribution >= 0.6 is 0 Å². The van der Waals surface area contributed by atoms with Crippen molar-refractivity contribution in [2.75, 3.05) is 13.7 Å². The molecule has 1 aliphatic rings. The highest BCUT2D eigenvalue weighted by atomic mass is 19.4. The Bertz CT molecular complexity index is 1310. The summed E-state index contributed by atoms with van der Waals surface area (Å²) in [5.74, 6) is 0. The fourth-order valence-electron chi connectivity index (χ4n) is 5.92. The van der Waals surface area contributed by atoms with Crippen LogP contribution in [0.2, 0.25) is 0 Å². The standard InChI is InChI=1S/C33H38F4N2O3/c1-4-30-29(38-3)15-16-32(27-13-9-6-10-14-27,39(30)31(40)41-21-24-11-7-5-8-12-24)22-42-23(2)26-17-25(20-34)18-28(19-26)33(35,36)37/h5-14,17-19,23,29-30,38H,4,15-16,20-22H2,1-3H3/t23-,29?,30-,32-/m1/s1. The fourth-order valence-corrected chi connectivity index (χ4v) is 5.92. The third-order valence-electron chi connectivity index (χ3n) is 8.17. The van der Waals surface area contributed by atoms with Crippen molar-refractivity contribution in [3.05, 3.63) is 107 Å². The first-order valence-corrected chi connectivity index (χ1v) is 14.2. The van der Waals surface area contributed by atoms with Crippen molar-refractivity contribution < 1.29 is 31.8 Å². The minimum atomic E-state index is -4.62. The number of likely N-dealkylation sites (N-methyl/N-ethyl adjacent to an activating group) is 1. The fraction of sp³-hybridized carbons (Fsp3) is 0.424. The van der Waals surface area contributed by atoms with Gasteiger partial charge in [-0.1, -0.05) is 73.7 Å². The molecule has 0 aromatic heterocycles. The van der Waals surface area contributed by atoms with Crippen LogP contribution in [0.5, 0.6) is 0 Å². The van der Waals surface area contributed by atoms with Crippen molar-refractivity contribution in [3.8, 4) is 0 Å². The quantitative estimate of drug-likeness (QED) is 0.245. The highest BCUT2D eigenvalue weighted by Crippen LogP contribution is 2.43. The molecule has 4 atom stereocenters. The average Bonchev–Trinajstić information content (AvgIpc) is 3.02. The number of benzene rings is 3. The number of hydrogen-bond donors (Lipinski definition) is 1. The summed E-state index contributed by atoms with van der Waals surface area (Å²) in [6.45, 7) is 2.73. The molecule has 3 aromatic rings. The number of nitrogens with zero attached hydrogens (tertiary/aromatic N) is 1. The van der Waals surface area contributed by atoms with Crippen molar-refractivity contribution in [1.82, 2.24) is 10.2 Å².